The zero-order chi connectivity index (χ0) is 21.4. The minimum Gasteiger partial charge on any atom is -0.466 e. The number of amides is 2. The molecule has 2 N–H and O–H groups in total. The second kappa shape index (κ2) is 9.54. The molecule has 0 aliphatic heterocycles. The summed E-state index contributed by atoms with van der Waals surface area (Å²) in [5, 5.41) is 5.41. The molecule has 0 saturated carbocycles. The first-order valence-electron chi connectivity index (χ1n) is 8.94. The molecule has 2 aromatic rings. The number of hydrogen-bond donors (Lipinski definition) is 2. The van der Waals surface area contributed by atoms with Gasteiger partial charge in [0.1, 0.15) is 5.60 Å². The van der Waals surface area contributed by atoms with Crippen molar-refractivity contribution in [2.45, 2.75) is 26.4 Å². The first-order chi connectivity index (χ1) is 13.7. The van der Waals surface area contributed by atoms with Crippen LogP contribution in [-0.4, -0.2) is 30.7 Å². The van der Waals surface area contributed by atoms with Crippen molar-refractivity contribution in [1.82, 2.24) is 0 Å². The fourth-order valence-corrected chi connectivity index (χ4v) is 2.29. The maximum atomic E-state index is 12.6. The second-order valence-electron chi connectivity index (χ2n) is 7.11. The van der Waals surface area contributed by atoms with E-state index >= 15 is 0 Å². The Morgan fingerprint density at radius 3 is 2.03 bits per heavy atom. The lowest BCUT2D eigenvalue weighted by Gasteiger charge is -2.20. The Labute approximate surface area is 169 Å². The highest BCUT2D eigenvalue weighted by molar-refractivity contribution is 6.07. The number of ether oxygens (including phenoxy) is 2. The van der Waals surface area contributed by atoms with E-state index in [4.69, 9.17) is 4.74 Å². The van der Waals surface area contributed by atoms with E-state index in [-0.39, 0.29) is 5.91 Å². The van der Waals surface area contributed by atoms with Crippen molar-refractivity contribution in [3.63, 3.8) is 0 Å². The van der Waals surface area contributed by atoms with E-state index in [0.717, 1.165) is 5.56 Å². The molecular weight excluding hydrogens is 372 g/mol. The number of hydrogen-bond acceptors (Lipinski definition) is 5. The average Bonchev–Trinajstić information content (AvgIpc) is 2.66. The SMILES string of the molecule is COC(=O)C=Cc1ccc(C(=O)Nc2ccccc2NC(=O)OC(C)(C)C)cc1. The van der Waals surface area contributed by atoms with Gasteiger partial charge in [0, 0.05) is 11.6 Å². The van der Waals surface area contributed by atoms with Crippen molar-refractivity contribution in [3.8, 4) is 0 Å². The molecule has 0 spiro atoms. The van der Waals surface area contributed by atoms with Crippen LogP contribution in [0, 0.1) is 0 Å². The van der Waals surface area contributed by atoms with E-state index in [1.807, 2.05) is 0 Å². The molecule has 0 aliphatic carbocycles. The van der Waals surface area contributed by atoms with Crippen molar-refractivity contribution in [2.75, 3.05) is 17.7 Å². The van der Waals surface area contributed by atoms with E-state index in [1.54, 1.807) is 75.4 Å². The lowest BCUT2D eigenvalue weighted by Crippen LogP contribution is -2.27. The van der Waals surface area contributed by atoms with Gasteiger partial charge in [-0.25, -0.2) is 9.59 Å². The van der Waals surface area contributed by atoms with Gasteiger partial charge in [0.25, 0.3) is 5.91 Å². The molecule has 152 valence electrons. The second-order valence-corrected chi connectivity index (χ2v) is 7.11. The molecule has 7 heteroatoms. The van der Waals surface area contributed by atoms with Crippen LogP contribution in [-0.2, 0) is 14.3 Å². The van der Waals surface area contributed by atoms with Gasteiger partial charge in [-0.2, -0.15) is 0 Å². The van der Waals surface area contributed by atoms with Crippen molar-refractivity contribution in [2.24, 2.45) is 0 Å². The number of rotatable bonds is 5. The Bertz CT molecular complexity index is 912. The standard InChI is InChI=1S/C22H24N2O5/c1-22(2,3)29-21(27)24-18-8-6-5-7-17(18)23-20(26)16-12-9-15(10-13-16)11-14-19(25)28-4/h5-14H,1-4H3,(H,23,26)(H,24,27). The summed E-state index contributed by atoms with van der Waals surface area (Å²) in [6.45, 7) is 5.30. The quantitative estimate of drug-likeness (QED) is 0.574. The predicted octanol–water partition coefficient (Wildman–Crippen LogP) is 4.47. The predicted molar refractivity (Wildman–Crippen MR) is 112 cm³/mol. The maximum Gasteiger partial charge on any atom is 0.412 e. The van der Waals surface area contributed by atoms with E-state index in [0.29, 0.717) is 16.9 Å². The highest BCUT2D eigenvalue weighted by Crippen LogP contribution is 2.23. The summed E-state index contributed by atoms with van der Waals surface area (Å²) in [4.78, 5) is 35.7. The van der Waals surface area contributed by atoms with Gasteiger partial charge in [0.05, 0.1) is 18.5 Å². The molecule has 0 aliphatic rings. The Morgan fingerprint density at radius 1 is 0.897 bits per heavy atom. The molecule has 0 aromatic heterocycles. The van der Waals surface area contributed by atoms with Gasteiger partial charge in [0.15, 0.2) is 0 Å². The van der Waals surface area contributed by atoms with Crippen LogP contribution >= 0.6 is 0 Å². The molecule has 0 unspecified atom stereocenters. The summed E-state index contributed by atoms with van der Waals surface area (Å²) in [5.74, 6) is -0.798. The van der Waals surface area contributed by atoms with Gasteiger partial charge in [-0.05, 0) is 56.7 Å². The number of carbonyl (C=O) groups is 3. The molecule has 2 rings (SSSR count). The first kappa shape index (κ1) is 21.7. The molecular formula is C22H24N2O5. The van der Waals surface area contributed by atoms with E-state index in [9.17, 15) is 14.4 Å². The van der Waals surface area contributed by atoms with E-state index in [2.05, 4.69) is 15.4 Å². The average molecular weight is 396 g/mol. The molecule has 0 atom stereocenters. The molecule has 0 heterocycles. The van der Waals surface area contributed by atoms with Gasteiger partial charge >= 0.3 is 12.1 Å². The molecule has 7 nitrogen and oxygen atoms in total. The number of nitrogens with one attached hydrogen (secondary N) is 2. The van der Waals surface area contributed by atoms with E-state index < -0.39 is 17.7 Å². The van der Waals surface area contributed by atoms with Gasteiger partial charge in [-0.1, -0.05) is 24.3 Å². The molecule has 2 amide bonds. The largest absolute Gasteiger partial charge is 0.466 e. The van der Waals surface area contributed by atoms with E-state index in [1.165, 1.54) is 13.2 Å². The number of esters is 1. The normalized spacial score (nSPS) is 11.0. The lowest BCUT2D eigenvalue weighted by molar-refractivity contribution is -0.134. The van der Waals surface area contributed by atoms with Crippen LogP contribution in [0.3, 0.4) is 0 Å². The molecule has 0 saturated heterocycles. The minimum absolute atomic E-state index is 0.341. The lowest BCUT2D eigenvalue weighted by atomic mass is 10.1. The number of para-hydroxylation sites is 2. The zero-order valence-electron chi connectivity index (χ0n) is 16.8. The first-order valence-corrected chi connectivity index (χ1v) is 8.94. The third kappa shape index (κ3) is 7.14. The van der Waals surface area contributed by atoms with Crippen LogP contribution < -0.4 is 10.6 Å². The fourth-order valence-electron chi connectivity index (χ4n) is 2.29. The smallest absolute Gasteiger partial charge is 0.412 e. The highest BCUT2D eigenvalue weighted by atomic mass is 16.6. The van der Waals surface area contributed by atoms with Gasteiger partial charge in [0.2, 0.25) is 0 Å². The van der Waals surface area contributed by atoms with Gasteiger partial charge < -0.3 is 14.8 Å². The van der Waals surface area contributed by atoms with Crippen LogP contribution in [0.4, 0.5) is 16.2 Å². The summed E-state index contributed by atoms with van der Waals surface area (Å²) in [6.07, 6.45) is 2.28. The number of methoxy groups -OCH3 is 1. The summed E-state index contributed by atoms with van der Waals surface area (Å²) < 4.78 is 9.78. The number of benzene rings is 2. The monoisotopic (exact) mass is 396 g/mol. The minimum atomic E-state index is -0.633. The van der Waals surface area contributed by atoms with Gasteiger partial charge in [-0.15, -0.1) is 0 Å². The van der Waals surface area contributed by atoms with Gasteiger partial charge in [-0.3, -0.25) is 10.1 Å². The summed E-state index contributed by atoms with van der Waals surface area (Å²) in [5.41, 5.74) is 1.41. The summed E-state index contributed by atoms with van der Waals surface area (Å²) in [6, 6.07) is 13.5. The topological polar surface area (TPSA) is 93.7 Å². The fraction of sp³-hybridized carbons (Fsp3) is 0.227. The molecule has 0 bridgehead atoms. The highest BCUT2D eigenvalue weighted by Gasteiger charge is 2.17. The van der Waals surface area contributed by atoms with Crippen LogP contribution in [0.5, 0.6) is 0 Å². The van der Waals surface area contributed by atoms with Crippen molar-refractivity contribution < 1.29 is 23.9 Å². The maximum absolute atomic E-state index is 12.6. The van der Waals surface area contributed by atoms with Crippen LogP contribution in [0.25, 0.3) is 6.08 Å². The Morgan fingerprint density at radius 2 is 1.48 bits per heavy atom. The van der Waals surface area contributed by atoms with Crippen LogP contribution in [0.2, 0.25) is 0 Å². The van der Waals surface area contributed by atoms with Crippen molar-refractivity contribution in [1.29, 1.82) is 0 Å². The summed E-state index contributed by atoms with van der Waals surface area (Å²) in [7, 11) is 1.30. The third-order valence-corrected chi connectivity index (χ3v) is 3.60. The Kier molecular flexibility index (Phi) is 7.14. The van der Waals surface area contributed by atoms with Crippen molar-refractivity contribution >= 4 is 35.4 Å². The van der Waals surface area contributed by atoms with Crippen LogP contribution in [0.1, 0.15) is 36.7 Å². The molecule has 0 radical (unpaired) electrons. The van der Waals surface area contributed by atoms with Crippen LogP contribution in [0.15, 0.2) is 54.6 Å². The summed E-state index contributed by atoms with van der Waals surface area (Å²) >= 11 is 0. The van der Waals surface area contributed by atoms with Crippen molar-refractivity contribution in [3.05, 3.63) is 65.7 Å². The Balaban J connectivity index is 2.08. The Hall–Kier alpha value is -3.61. The third-order valence-electron chi connectivity index (χ3n) is 3.60. The molecule has 29 heavy (non-hydrogen) atoms. The zero-order valence-corrected chi connectivity index (χ0v) is 16.8. The number of carbonyl (C=O) groups excluding carboxylic acids is 3. The molecule has 0 fully saturated rings. The number of anilines is 2. The molecule has 2 aromatic carbocycles.